The molecule has 0 saturated carbocycles. The molecule has 1 fully saturated rings. The lowest BCUT2D eigenvalue weighted by molar-refractivity contribution is 0.0708. The Kier molecular flexibility index (Phi) is 3.38. The fourth-order valence-corrected chi connectivity index (χ4v) is 2.05. The zero-order chi connectivity index (χ0) is 12.4. The molecule has 3 nitrogen and oxygen atoms in total. The van der Waals surface area contributed by atoms with Gasteiger partial charge in [-0.2, -0.15) is 0 Å². The van der Waals surface area contributed by atoms with Crippen LogP contribution in [0.5, 0.6) is 0 Å². The molecule has 1 aromatic carbocycles. The third kappa shape index (κ3) is 2.79. The van der Waals surface area contributed by atoms with Gasteiger partial charge in [0.2, 0.25) is 0 Å². The minimum absolute atomic E-state index is 0.0385. The van der Waals surface area contributed by atoms with Crippen molar-refractivity contribution in [2.24, 2.45) is 5.73 Å². The van der Waals surface area contributed by atoms with Crippen molar-refractivity contribution in [3.63, 3.8) is 0 Å². The lowest BCUT2D eigenvalue weighted by Gasteiger charge is -2.30. The summed E-state index contributed by atoms with van der Waals surface area (Å²) in [5.74, 6) is -1.84. The Balaban J connectivity index is 2.18. The standard InChI is InChI=1S/C12H14F2N2O/c13-9-4-8(5-10(14)6-9)12(17)16-3-1-2-11(15)7-16/h4-6,11H,1-3,7,15H2/t11-/m1/s1. The Morgan fingerprint density at radius 1 is 1.29 bits per heavy atom. The molecule has 2 rings (SSSR count). The van der Waals surface area contributed by atoms with E-state index in [9.17, 15) is 13.6 Å². The molecule has 0 aliphatic carbocycles. The predicted molar refractivity (Wildman–Crippen MR) is 59.5 cm³/mol. The van der Waals surface area contributed by atoms with Crippen molar-refractivity contribution in [3.05, 3.63) is 35.4 Å². The molecule has 0 radical (unpaired) electrons. The maximum absolute atomic E-state index is 13.0. The highest BCUT2D eigenvalue weighted by molar-refractivity contribution is 5.94. The molecule has 1 saturated heterocycles. The first kappa shape index (κ1) is 12.0. The Bertz CT molecular complexity index is 416. The van der Waals surface area contributed by atoms with E-state index < -0.39 is 11.6 Å². The largest absolute Gasteiger partial charge is 0.337 e. The Morgan fingerprint density at radius 2 is 1.94 bits per heavy atom. The molecule has 1 heterocycles. The summed E-state index contributed by atoms with van der Waals surface area (Å²) in [5.41, 5.74) is 5.80. The van der Waals surface area contributed by atoms with E-state index in [0.29, 0.717) is 13.1 Å². The van der Waals surface area contributed by atoms with Crippen molar-refractivity contribution < 1.29 is 13.6 Å². The van der Waals surface area contributed by atoms with Crippen molar-refractivity contribution in [3.8, 4) is 0 Å². The molecule has 0 bridgehead atoms. The van der Waals surface area contributed by atoms with Crippen LogP contribution in [0.3, 0.4) is 0 Å². The Labute approximate surface area is 98.2 Å². The lowest BCUT2D eigenvalue weighted by atomic mass is 10.1. The topological polar surface area (TPSA) is 46.3 Å². The molecule has 5 heteroatoms. The summed E-state index contributed by atoms with van der Waals surface area (Å²) in [7, 11) is 0. The van der Waals surface area contributed by atoms with Crippen LogP contribution < -0.4 is 5.73 Å². The monoisotopic (exact) mass is 240 g/mol. The molecule has 2 N–H and O–H groups in total. The number of amides is 1. The van der Waals surface area contributed by atoms with E-state index in [1.165, 1.54) is 0 Å². The van der Waals surface area contributed by atoms with Crippen LogP contribution in [0.2, 0.25) is 0 Å². The minimum Gasteiger partial charge on any atom is -0.337 e. The number of halogens is 2. The maximum atomic E-state index is 13.0. The van der Waals surface area contributed by atoms with Crippen LogP contribution in [0.4, 0.5) is 8.78 Å². The number of likely N-dealkylation sites (tertiary alicyclic amines) is 1. The predicted octanol–water partition coefficient (Wildman–Crippen LogP) is 1.53. The number of rotatable bonds is 1. The molecule has 0 aromatic heterocycles. The summed E-state index contributed by atoms with van der Waals surface area (Å²) >= 11 is 0. The highest BCUT2D eigenvalue weighted by Gasteiger charge is 2.22. The Morgan fingerprint density at radius 3 is 2.53 bits per heavy atom. The molecule has 1 aromatic rings. The zero-order valence-corrected chi connectivity index (χ0v) is 9.33. The average molecular weight is 240 g/mol. The van der Waals surface area contributed by atoms with Gasteiger partial charge in [-0.05, 0) is 25.0 Å². The summed E-state index contributed by atoms with van der Waals surface area (Å²) in [5, 5.41) is 0. The fourth-order valence-electron chi connectivity index (χ4n) is 2.05. The van der Waals surface area contributed by atoms with E-state index in [1.807, 2.05) is 0 Å². The molecule has 92 valence electrons. The van der Waals surface area contributed by atoms with E-state index in [4.69, 9.17) is 5.73 Å². The van der Waals surface area contributed by atoms with Crippen LogP contribution in [0, 0.1) is 11.6 Å². The first-order valence-corrected chi connectivity index (χ1v) is 5.57. The number of hydrogen-bond acceptors (Lipinski definition) is 2. The number of carbonyl (C=O) groups is 1. The molecule has 0 spiro atoms. The molecule has 1 amide bonds. The van der Waals surface area contributed by atoms with E-state index >= 15 is 0 Å². The van der Waals surface area contributed by atoms with Crippen molar-refractivity contribution >= 4 is 5.91 Å². The van der Waals surface area contributed by atoms with Gasteiger partial charge in [0.25, 0.3) is 5.91 Å². The van der Waals surface area contributed by atoms with Crippen LogP contribution in [-0.2, 0) is 0 Å². The van der Waals surface area contributed by atoms with E-state index in [-0.39, 0.29) is 17.5 Å². The maximum Gasteiger partial charge on any atom is 0.254 e. The number of nitrogens with two attached hydrogens (primary N) is 1. The smallest absolute Gasteiger partial charge is 0.254 e. The SMILES string of the molecule is N[C@@H]1CCCN(C(=O)c2cc(F)cc(F)c2)C1. The van der Waals surface area contributed by atoms with Crippen LogP contribution in [0.1, 0.15) is 23.2 Å². The van der Waals surface area contributed by atoms with Gasteiger partial charge in [0.1, 0.15) is 11.6 Å². The van der Waals surface area contributed by atoms with Gasteiger partial charge in [-0.3, -0.25) is 4.79 Å². The average Bonchev–Trinajstić information content (AvgIpc) is 2.26. The molecular formula is C12H14F2N2O. The zero-order valence-electron chi connectivity index (χ0n) is 9.33. The first-order valence-electron chi connectivity index (χ1n) is 5.57. The third-order valence-corrected chi connectivity index (χ3v) is 2.85. The van der Waals surface area contributed by atoms with Crippen LogP contribution in [0.25, 0.3) is 0 Å². The highest BCUT2D eigenvalue weighted by Crippen LogP contribution is 2.14. The summed E-state index contributed by atoms with van der Waals surface area (Å²) in [6.07, 6.45) is 1.70. The third-order valence-electron chi connectivity index (χ3n) is 2.85. The molecular weight excluding hydrogens is 226 g/mol. The second-order valence-corrected chi connectivity index (χ2v) is 4.31. The number of benzene rings is 1. The summed E-state index contributed by atoms with van der Waals surface area (Å²) in [6.45, 7) is 1.03. The van der Waals surface area contributed by atoms with E-state index in [2.05, 4.69) is 0 Å². The first-order chi connectivity index (χ1) is 8.06. The van der Waals surface area contributed by atoms with E-state index in [0.717, 1.165) is 31.0 Å². The Hall–Kier alpha value is -1.49. The van der Waals surface area contributed by atoms with Crippen LogP contribution in [0.15, 0.2) is 18.2 Å². The number of carbonyl (C=O) groups excluding carboxylic acids is 1. The van der Waals surface area contributed by atoms with Gasteiger partial charge in [0, 0.05) is 30.8 Å². The number of hydrogen-bond donors (Lipinski definition) is 1. The second-order valence-electron chi connectivity index (χ2n) is 4.31. The molecule has 1 aliphatic rings. The van der Waals surface area contributed by atoms with Crippen molar-refractivity contribution in [2.75, 3.05) is 13.1 Å². The van der Waals surface area contributed by atoms with Crippen molar-refractivity contribution in [1.82, 2.24) is 4.90 Å². The quantitative estimate of drug-likeness (QED) is 0.809. The normalized spacial score (nSPS) is 20.4. The van der Waals surface area contributed by atoms with Gasteiger partial charge < -0.3 is 10.6 Å². The van der Waals surface area contributed by atoms with Crippen molar-refractivity contribution in [2.45, 2.75) is 18.9 Å². The molecule has 1 atom stereocenters. The van der Waals surface area contributed by atoms with Gasteiger partial charge in [-0.25, -0.2) is 8.78 Å². The number of piperidine rings is 1. The van der Waals surface area contributed by atoms with Crippen molar-refractivity contribution in [1.29, 1.82) is 0 Å². The van der Waals surface area contributed by atoms with Crippen LogP contribution >= 0.6 is 0 Å². The molecule has 17 heavy (non-hydrogen) atoms. The molecule has 0 unspecified atom stereocenters. The summed E-state index contributed by atoms with van der Waals surface area (Å²) in [4.78, 5) is 13.5. The van der Waals surface area contributed by atoms with Crippen LogP contribution in [-0.4, -0.2) is 29.9 Å². The van der Waals surface area contributed by atoms with Gasteiger partial charge in [0.15, 0.2) is 0 Å². The van der Waals surface area contributed by atoms with Gasteiger partial charge >= 0.3 is 0 Å². The second kappa shape index (κ2) is 4.79. The highest BCUT2D eigenvalue weighted by atomic mass is 19.1. The lowest BCUT2D eigenvalue weighted by Crippen LogP contribution is -2.45. The van der Waals surface area contributed by atoms with E-state index in [1.54, 1.807) is 4.90 Å². The minimum atomic E-state index is -0.741. The summed E-state index contributed by atoms with van der Waals surface area (Å²) < 4.78 is 26.0. The van der Waals surface area contributed by atoms with Gasteiger partial charge in [-0.15, -0.1) is 0 Å². The molecule has 1 aliphatic heterocycles. The van der Waals surface area contributed by atoms with Gasteiger partial charge in [0.05, 0.1) is 0 Å². The summed E-state index contributed by atoms with van der Waals surface area (Å²) in [6, 6.07) is 2.79. The number of nitrogens with zero attached hydrogens (tertiary/aromatic N) is 1. The van der Waals surface area contributed by atoms with Gasteiger partial charge in [-0.1, -0.05) is 0 Å². The fraction of sp³-hybridized carbons (Fsp3) is 0.417.